The van der Waals surface area contributed by atoms with Crippen LogP contribution in [0.3, 0.4) is 0 Å². The van der Waals surface area contributed by atoms with Crippen LogP contribution in [0.2, 0.25) is 0 Å². The van der Waals surface area contributed by atoms with Gasteiger partial charge in [0.15, 0.2) is 0 Å². The largest absolute Gasteiger partial charge is 0.382 e. The monoisotopic (exact) mass is 245 g/mol. The van der Waals surface area contributed by atoms with Crippen molar-refractivity contribution in [1.29, 1.82) is 0 Å². The zero-order valence-corrected chi connectivity index (χ0v) is 11.0. The van der Waals surface area contributed by atoms with Gasteiger partial charge in [-0.3, -0.25) is 0 Å². The SMILES string of the molecule is CC.COCCOCCCOCc1ccon1. The third kappa shape index (κ3) is 9.99. The van der Waals surface area contributed by atoms with Crippen LogP contribution in [0.1, 0.15) is 26.0 Å². The second-order valence-electron chi connectivity index (χ2n) is 3.00. The van der Waals surface area contributed by atoms with Gasteiger partial charge in [-0.25, -0.2) is 0 Å². The summed E-state index contributed by atoms with van der Waals surface area (Å²) in [4.78, 5) is 0. The number of nitrogens with zero attached hydrogens (tertiary/aromatic N) is 1. The molecule has 0 atom stereocenters. The van der Waals surface area contributed by atoms with Gasteiger partial charge in [0.2, 0.25) is 0 Å². The summed E-state index contributed by atoms with van der Waals surface area (Å²) in [5.74, 6) is 0. The van der Waals surface area contributed by atoms with Crippen LogP contribution in [0.4, 0.5) is 0 Å². The fourth-order valence-electron chi connectivity index (χ4n) is 0.996. The van der Waals surface area contributed by atoms with Gasteiger partial charge in [-0.2, -0.15) is 0 Å². The van der Waals surface area contributed by atoms with Crippen molar-refractivity contribution in [3.05, 3.63) is 18.0 Å². The van der Waals surface area contributed by atoms with Crippen molar-refractivity contribution >= 4 is 0 Å². The van der Waals surface area contributed by atoms with Gasteiger partial charge in [0, 0.05) is 26.4 Å². The molecule has 5 heteroatoms. The minimum Gasteiger partial charge on any atom is -0.382 e. The summed E-state index contributed by atoms with van der Waals surface area (Å²) in [6, 6.07) is 1.79. The predicted octanol–water partition coefficient (Wildman–Crippen LogP) is 2.27. The molecule has 0 amide bonds. The van der Waals surface area contributed by atoms with Gasteiger partial charge >= 0.3 is 0 Å². The summed E-state index contributed by atoms with van der Waals surface area (Å²) in [5, 5.41) is 3.73. The zero-order chi connectivity index (χ0) is 12.8. The van der Waals surface area contributed by atoms with Crippen molar-refractivity contribution in [2.75, 3.05) is 33.5 Å². The third-order valence-electron chi connectivity index (χ3n) is 1.75. The third-order valence-corrected chi connectivity index (χ3v) is 1.75. The van der Waals surface area contributed by atoms with Crippen LogP contribution < -0.4 is 0 Å². The van der Waals surface area contributed by atoms with E-state index in [9.17, 15) is 0 Å². The first-order valence-corrected chi connectivity index (χ1v) is 5.97. The molecule has 1 heterocycles. The molecule has 0 aliphatic rings. The van der Waals surface area contributed by atoms with Crippen LogP contribution >= 0.6 is 0 Å². The van der Waals surface area contributed by atoms with Gasteiger partial charge in [-0.05, 0) is 6.42 Å². The van der Waals surface area contributed by atoms with Crippen molar-refractivity contribution in [3.8, 4) is 0 Å². The summed E-state index contributed by atoms with van der Waals surface area (Å²) in [6.07, 6.45) is 2.41. The van der Waals surface area contributed by atoms with Crippen molar-refractivity contribution in [2.45, 2.75) is 26.9 Å². The Morgan fingerprint density at radius 1 is 1.12 bits per heavy atom. The first kappa shape index (κ1) is 16.1. The van der Waals surface area contributed by atoms with Crippen molar-refractivity contribution in [1.82, 2.24) is 5.16 Å². The zero-order valence-electron chi connectivity index (χ0n) is 11.0. The Balaban J connectivity index is 0.00000121. The number of hydrogen-bond acceptors (Lipinski definition) is 5. The molecule has 0 aliphatic heterocycles. The lowest BCUT2D eigenvalue weighted by Gasteiger charge is -2.03. The lowest BCUT2D eigenvalue weighted by molar-refractivity contribution is 0.0474. The Bertz CT molecular complexity index is 226. The number of ether oxygens (including phenoxy) is 3. The molecule has 0 radical (unpaired) electrons. The van der Waals surface area contributed by atoms with Gasteiger partial charge < -0.3 is 18.7 Å². The molecular weight excluding hydrogens is 222 g/mol. The molecule has 0 saturated heterocycles. The minimum absolute atomic E-state index is 0.495. The van der Waals surface area contributed by atoms with E-state index in [2.05, 4.69) is 9.68 Å². The molecular formula is C12H23NO4. The molecule has 5 nitrogen and oxygen atoms in total. The van der Waals surface area contributed by atoms with E-state index in [-0.39, 0.29) is 0 Å². The van der Waals surface area contributed by atoms with Gasteiger partial charge in [0.1, 0.15) is 12.0 Å². The average molecular weight is 245 g/mol. The number of hydrogen-bond donors (Lipinski definition) is 0. The highest BCUT2D eigenvalue weighted by Crippen LogP contribution is 1.97. The summed E-state index contributed by atoms with van der Waals surface area (Å²) in [7, 11) is 1.66. The summed E-state index contributed by atoms with van der Waals surface area (Å²) in [5.41, 5.74) is 0.815. The van der Waals surface area contributed by atoms with E-state index in [1.165, 1.54) is 6.26 Å². The highest BCUT2D eigenvalue weighted by atomic mass is 16.5. The van der Waals surface area contributed by atoms with Gasteiger partial charge in [-0.1, -0.05) is 19.0 Å². The van der Waals surface area contributed by atoms with Crippen molar-refractivity contribution in [2.24, 2.45) is 0 Å². The van der Waals surface area contributed by atoms with E-state index in [4.69, 9.17) is 14.2 Å². The van der Waals surface area contributed by atoms with E-state index >= 15 is 0 Å². The lowest BCUT2D eigenvalue weighted by Crippen LogP contribution is -2.05. The van der Waals surface area contributed by atoms with Crippen molar-refractivity contribution < 1.29 is 18.7 Å². The molecule has 0 aliphatic carbocycles. The second-order valence-corrected chi connectivity index (χ2v) is 3.00. The molecule has 17 heavy (non-hydrogen) atoms. The van der Waals surface area contributed by atoms with Crippen LogP contribution in [0.15, 0.2) is 16.9 Å². The Morgan fingerprint density at radius 2 is 1.88 bits per heavy atom. The fraction of sp³-hybridized carbons (Fsp3) is 0.750. The summed E-state index contributed by atoms with van der Waals surface area (Å²) < 4.78 is 20.1. The Labute approximate surface area is 103 Å². The normalized spacial score (nSPS) is 9.82. The number of methoxy groups -OCH3 is 1. The van der Waals surface area contributed by atoms with Gasteiger partial charge in [-0.15, -0.1) is 0 Å². The summed E-state index contributed by atoms with van der Waals surface area (Å²) >= 11 is 0. The molecule has 1 aromatic heterocycles. The van der Waals surface area contributed by atoms with E-state index in [0.717, 1.165) is 12.1 Å². The van der Waals surface area contributed by atoms with Crippen molar-refractivity contribution in [3.63, 3.8) is 0 Å². The Morgan fingerprint density at radius 3 is 2.53 bits per heavy atom. The molecule has 0 unspecified atom stereocenters. The van der Waals surface area contributed by atoms with Gasteiger partial charge in [0.25, 0.3) is 0 Å². The highest BCUT2D eigenvalue weighted by Gasteiger charge is 1.96. The number of rotatable bonds is 9. The molecule has 0 bridgehead atoms. The van der Waals surface area contributed by atoms with E-state index in [0.29, 0.717) is 33.0 Å². The fourth-order valence-corrected chi connectivity index (χ4v) is 0.996. The Hall–Kier alpha value is -0.910. The van der Waals surface area contributed by atoms with E-state index in [1.807, 2.05) is 13.8 Å². The van der Waals surface area contributed by atoms with Crippen LogP contribution in [-0.4, -0.2) is 38.7 Å². The molecule has 0 N–H and O–H groups in total. The molecule has 0 aromatic carbocycles. The minimum atomic E-state index is 0.495. The maximum Gasteiger partial charge on any atom is 0.124 e. The predicted molar refractivity (Wildman–Crippen MR) is 64.8 cm³/mol. The van der Waals surface area contributed by atoms with Gasteiger partial charge in [0.05, 0.1) is 19.8 Å². The van der Waals surface area contributed by atoms with Crippen LogP contribution in [-0.2, 0) is 20.8 Å². The second kappa shape index (κ2) is 13.2. The first-order chi connectivity index (χ1) is 8.43. The summed E-state index contributed by atoms with van der Waals surface area (Å²) in [6.45, 7) is 7.14. The number of aromatic nitrogens is 1. The van der Waals surface area contributed by atoms with E-state index in [1.54, 1.807) is 13.2 Å². The first-order valence-electron chi connectivity index (χ1n) is 5.97. The smallest absolute Gasteiger partial charge is 0.124 e. The quantitative estimate of drug-likeness (QED) is 0.625. The maximum absolute atomic E-state index is 5.35. The molecule has 0 saturated carbocycles. The molecule has 1 aromatic rings. The molecule has 100 valence electrons. The maximum atomic E-state index is 5.35. The van der Waals surface area contributed by atoms with E-state index < -0.39 is 0 Å². The molecule has 0 fully saturated rings. The lowest BCUT2D eigenvalue weighted by atomic mass is 10.4. The van der Waals surface area contributed by atoms with Crippen LogP contribution in [0, 0.1) is 0 Å². The standard InChI is InChI=1S/C10H17NO4.C2H6/c1-12-7-8-13-4-2-5-14-9-10-3-6-15-11-10;1-2/h3,6H,2,4-5,7-9H2,1H3;1-2H3. The highest BCUT2D eigenvalue weighted by molar-refractivity contribution is 4.92. The van der Waals surface area contributed by atoms with Crippen LogP contribution in [0.5, 0.6) is 0 Å². The van der Waals surface area contributed by atoms with Crippen LogP contribution in [0.25, 0.3) is 0 Å². The topological polar surface area (TPSA) is 53.7 Å². The Kier molecular flexibility index (Phi) is 12.5. The average Bonchev–Trinajstić information content (AvgIpc) is 2.88. The molecule has 0 spiro atoms. The molecule has 1 rings (SSSR count).